The first-order chi connectivity index (χ1) is 14.6. The predicted octanol–water partition coefficient (Wildman–Crippen LogP) is 8.39. The zero-order valence-corrected chi connectivity index (χ0v) is 21.3. The van der Waals surface area contributed by atoms with Crippen LogP contribution in [-0.4, -0.2) is 10.9 Å². The zero-order chi connectivity index (χ0) is 23.2. The number of Topliss-reactive ketones (excluding diaryl/α,β-unsaturated/α-hetero) is 1. The Hall–Kier alpha value is -1.31. The lowest BCUT2D eigenvalue weighted by molar-refractivity contribution is -0.133. The molecular weight excluding hydrogens is 380 g/mol. The van der Waals surface area contributed by atoms with Crippen molar-refractivity contribution in [2.45, 2.75) is 106 Å². The fourth-order valence-electron chi connectivity index (χ4n) is 5.97. The summed E-state index contributed by atoms with van der Waals surface area (Å²) in [4.78, 5) is 13.8. The minimum Gasteiger partial charge on any atom is -0.508 e. The smallest absolute Gasteiger partial charge is 0.136 e. The summed E-state index contributed by atoms with van der Waals surface area (Å²) in [5, 5.41) is 9.68. The molecule has 2 nitrogen and oxygen atoms in total. The highest BCUT2D eigenvalue weighted by atomic mass is 16.3. The Morgan fingerprint density at radius 2 is 1.81 bits per heavy atom. The zero-order valence-electron chi connectivity index (χ0n) is 21.3. The summed E-state index contributed by atoms with van der Waals surface area (Å²) in [6, 6.07) is 7.72. The van der Waals surface area contributed by atoms with Gasteiger partial charge in [0.2, 0.25) is 0 Å². The highest BCUT2D eigenvalue weighted by molar-refractivity contribution is 5.82. The van der Waals surface area contributed by atoms with Crippen molar-refractivity contribution in [2.24, 2.45) is 35.0 Å². The van der Waals surface area contributed by atoms with Gasteiger partial charge in [0.25, 0.3) is 0 Å². The van der Waals surface area contributed by atoms with Gasteiger partial charge in [-0.2, -0.15) is 0 Å². The maximum atomic E-state index is 13.8. The summed E-state index contributed by atoms with van der Waals surface area (Å²) in [6.07, 6.45) is 8.73. The van der Waals surface area contributed by atoms with E-state index in [-0.39, 0.29) is 11.3 Å². The van der Waals surface area contributed by atoms with Gasteiger partial charge < -0.3 is 5.11 Å². The van der Waals surface area contributed by atoms with Gasteiger partial charge in [0.1, 0.15) is 11.5 Å². The fraction of sp³-hybridized carbons (Fsp3) is 0.759. The van der Waals surface area contributed by atoms with E-state index >= 15 is 0 Å². The molecule has 2 rings (SSSR count). The van der Waals surface area contributed by atoms with Crippen molar-refractivity contribution in [1.29, 1.82) is 0 Å². The van der Waals surface area contributed by atoms with E-state index in [1.807, 2.05) is 0 Å². The van der Waals surface area contributed by atoms with Gasteiger partial charge in [-0.3, -0.25) is 4.79 Å². The van der Waals surface area contributed by atoms with Crippen LogP contribution in [0.3, 0.4) is 0 Å². The molecule has 0 spiro atoms. The van der Waals surface area contributed by atoms with E-state index < -0.39 is 0 Å². The number of carbonyl (C=O) groups is 1. The minimum atomic E-state index is 0.142. The number of ketones is 1. The molecule has 0 aliphatic heterocycles. The molecule has 31 heavy (non-hydrogen) atoms. The van der Waals surface area contributed by atoms with Crippen molar-refractivity contribution >= 4 is 5.78 Å². The van der Waals surface area contributed by atoms with Crippen LogP contribution in [0, 0.1) is 35.0 Å². The summed E-state index contributed by atoms with van der Waals surface area (Å²) >= 11 is 0. The molecule has 1 aromatic carbocycles. The van der Waals surface area contributed by atoms with Crippen LogP contribution in [0.4, 0.5) is 0 Å². The van der Waals surface area contributed by atoms with Crippen LogP contribution in [0.25, 0.3) is 0 Å². The van der Waals surface area contributed by atoms with Gasteiger partial charge in [-0.25, -0.2) is 0 Å². The number of carbonyl (C=O) groups excluding carboxylic acids is 1. The average Bonchev–Trinajstić information content (AvgIpc) is 2.73. The third-order valence-electron chi connectivity index (χ3n) is 8.77. The fourth-order valence-corrected chi connectivity index (χ4v) is 5.97. The standard InChI is InChI=1S/C29H48O2/c1-8-10-22(6)25(18-23(9-2)24-11-13-26(30)14-12-24)19-28(31)27-17-21(5)15-16-29(27,7)20(3)4/h11-14,20-23,25,27,30H,8-10,15-19H2,1-7H3/t21-,22?,23?,25?,27?,29-/m1/s1. The lowest BCUT2D eigenvalue weighted by Crippen LogP contribution is -2.43. The van der Waals surface area contributed by atoms with Crippen molar-refractivity contribution in [3.63, 3.8) is 0 Å². The molecule has 0 amide bonds. The third kappa shape index (κ3) is 6.59. The van der Waals surface area contributed by atoms with E-state index in [0.29, 0.717) is 41.1 Å². The molecule has 0 radical (unpaired) electrons. The monoisotopic (exact) mass is 428 g/mol. The Morgan fingerprint density at radius 3 is 2.35 bits per heavy atom. The molecule has 1 N–H and O–H groups in total. The van der Waals surface area contributed by atoms with E-state index in [1.165, 1.54) is 31.2 Å². The van der Waals surface area contributed by atoms with E-state index in [0.717, 1.165) is 25.7 Å². The van der Waals surface area contributed by atoms with E-state index in [9.17, 15) is 9.90 Å². The normalized spacial score (nSPS) is 27.1. The first kappa shape index (κ1) is 25.9. The van der Waals surface area contributed by atoms with Gasteiger partial charge in [-0.15, -0.1) is 0 Å². The predicted molar refractivity (Wildman–Crippen MR) is 132 cm³/mol. The molecule has 1 aromatic rings. The summed E-state index contributed by atoms with van der Waals surface area (Å²) in [7, 11) is 0. The van der Waals surface area contributed by atoms with E-state index in [1.54, 1.807) is 12.1 Å². The molecule has 176 valence electrons. The summed E-state index contributed by atoms with van der Waals surface area (Å²) in [6.45, 7) is 16.2. The molecule has 4 unspecified atom stereocenters. The average molecular weight is 429 g/mol. The van der Waals surface area contributed by atoms with Gasteiger partial charge in [0.05, 0.1) is 0 Å². The van der Waals surface area contributed by atoms with Gasteiger partial charge >= 0.3 is 0 Å². The first-order valence-electron chi connectivity index (χ1n) is 12.9. The lowest BCUT2D eigenvalue weighted by Gasteiger charge is -2.46. The SMILES string of the molecule is CCCC(C)C(CC(=O)C1C[C@H](C)CC[C@]1(C)C(C)C)CC(CC)c1ccc(O)cc1. The molecule has 0 heterocycles. The third-order valence-corrected chi connectivity index (χ3v) is 8.77. The Balaban J connectivity index is 2.22. The number of aromatic hydroxyl groups is 1. The number of phenols is 1. The lowest BCUT2D eigenvalue weighted by atomic mass is 9.57. The van der Waals surface area contributed by atoms with Crippen LogP contribution in [0.15, 0.2) is 24.3 Å². The van der Waals surface area contributed by atoms with Crippen LogP contribution in [0.5, 0.6) is 5.75 Å². The van der Waals surface area contributed by atoms with Crippen molar-refractivity contribution in [1.82, 2.24) is 0 Å². The second-order valence-electron chi connectivity index (χ2n) is 11.2. The van der Waals surface area contributed by atoms with Crippen molar-refractivity contribution in [3.05, 3.63) is 29.8 Å². The highest BCUT2D eigenvalue weighted by Gasteiger charge is 2.45. The number of hydrogen-bond acceptors (Lipinski definition) is 2. The molecule has 0 aromatic heterocycles. The van der Waals surface area contributed by atoms with Crippen LogP contribution in [0.1, 0.15) is 111 Å². The molecule has 2 heteroatoms. The van der Waals surface area contributed by atoms with Crippen molar-refractivity contribution in [3.8, 4) is 5.75 Å². The summed E-state index contributed by atoms with van der Waals surface area (Å²) < 4.78 is 0. The quantitative estimate of drug-likeness (QED) is 0.384. The molecule has 1 fully saturated rings. The number of benzene rings is 1. The molecule has 1 aliphatic rings. The van der Waals surface area contributed by atoms with Gasteiger partial charge in [-0.1, -0.05) is 79.9 Å². The van der Waals surface area contributed by atoms with Gasteiger partial charge in [0.15, 0.2) is 0 Å². The molecular formula is C29H48O2. The largest absolute Gasteiger partial charge is 0.508 e. The molecule has 1 aliphatic carbocycles. The van der Waals surface area contributed by atoms with Crippen molar-refractivity contribution < 1.29 is 9.90 Å². The molecule has 1 saturated carbocycles. The molecule has 0 saturated heterocycles. The summed E-state index contributed by atoms with van der Waals surface area (Å²) in [5.74, 6) is 3.70. The summed E-state index contributed by atoms with van der Waals surface area (Å²) in [5.41, 5.74) is 1.43. The van der Waals surface area contributed by atoms with Crippen LogP contribution in [-0.2, 0) is 4.79 Å². The topological polar surface area (TPSA) is 37.3 Å². The van der Waals surface area contributed by atoms with Gasteiger partial charge in [0, 0.05) is 12.3 Å². The maximum Gasteiger partial charge on any atom is 0.136 e. The van der Waals surface area contributed by atoms with Gasteiger partial charge in [-0.05, 0) is 78.4 Å². The Bertz CT molecular complexity index is 676. The number of rotatable bonds is 11. The van der Waals surface area contributed by atoms with E-state index in [4.69, 9.17) is 0 Å². The number of phenolic OH excluding ortho intramolecular Hbond substituents is 1. The van der Waals surface area contributed by atoms with Crippen LogP contribution < -0.4 is 0 Å². The Kier molecular flexibility index (Phi) is 9.65. The molecule has 0 bridgehead atoms. The Morgan fingerprint density at radius 1 is 1.16 bits per heavy atom. The number of hydrogen-bond donors (Lipinski definition) is 1. The van der Waals surface area contributed by atoms with Crippen molar-refractivity contribution in [2.75, 3.05) is 0 Å². The maximum absolute atomic E-state index is 13.8. The molecule has 6 atom stereocenters. The second kappa shape index (κ2) is 11.5. The minimum absolute atomic E-state index is 0.142. The Labute approximate surface area is 192 Å². The second-order valence-corrected chi connectivity index (χ2v) is 11.2. The van der Waals surface area contributed by atoms with Crippen LogP contribution in [0.2, 0.25) is 0 Å². The van der Waals surface area contributed by atoms with Crippen LogP contribution >= 0.6 is 0 Å². The first-order valence-corrected chi connectivity index (χ1v) is 12.9. The highest BCUT2D eigenvalue weighted by Crippen LogP contribution is 2.49. The van der Waals surface area contributed by atoms with E-state index in [2.05, 4.69) is 60.6 Å².